The molecule has 0 aromatic rings. The van der Waals surface area contributed by atoms with E-state index in [4.69, 9.17) is 0 Å². The Kier molecular flexibility index (Phi) is 2.33. The quantitative estimate of drug-likeness (QED) is 0.693. The largest absolute Gasteiger partial charge is 0.392 e. The number of sulfonamides is 1. The van der Waals surface area contributed by atoms with Gasteiger partial charge in [0.25, 0.3) is 0 Å². The fraction of sp³-hybridized carbons (Fsp3) is 1.00. The van der Waals surface area contributed by atoms with Crippen molar-refractivity contribution >= 4 is 10.0 Å². The van der Waals surface area contributed by atoms with Crippen LogP contribution in [0.1, 0.15) is 19.3 Å². The van der Waals surface area contributed by atoms with Gasteiger partial charge >= 0.3 is 0 Å². The maximum Gasteiger partial charge on any atom is 0.214 e. The second-order valence-electron chi connectivity index (χ2n) is 4.02. The minimum Gasteiger partial charge on any atom is -0.392 e. The van der Waals surface area contributed by atoms with Crippen molar-refractivity contribution in [3.05, 3.63) is 0 Å². The van der Waals surface area contributed by atoms with Gasteiger partial charge in [-0.15, -0.1) is 0 Å². The van der Waals surface area contributed by atoms with Gasteiger partial charge < -0.3 is 5.11 Å². The Hall–Kier alpha value is -0.130. The molecule has 13 heavy (non-hydrogen) atoms. The molecule has 0 bridgehead atoms. The maximum absolute atomic E-state index is 11.6. The molecule has 1 aliphatic carbocycles. The lowest BCUT2D eigenvalue weighted by Crippen LogP contribution is -2.32. The molecule has 2 aliphatic rings. The number of aliphatic hydroxyl groups is 1. The molecule has 1 N–H and O–H groups in total. The summed E-state index contributed by atoms with van der Waals surface area (Å²) in [6, 6.07) is 0. The van der Waals surface area contributed by atoms with Crippen molar-refractivity contribution in [1.29, 1.82) is 0 Å². The predicted molar refractivity (Wildman–Crippen MR) is 48.7 cm³/mol. The summed E-state index contributed by atoms with van der Waals surface area (Å²) in [6.07, 6.45) is 2.24. The second kappa shape index (κ2) is 3.22. The number of aliphatic hydroxyl groups excluding tert-OH is 1. The monoisotopic (exact) mass is 205 g/mol. The van der Waals surface area contributed by atoms with Crippen LogP contribution in [0.4, 0.5) is 0 Å². The molecule has 76 valence electrons. The van der Waals surface area contributed by atoms with Crippen LogP contribution < -0.4 is 0 Å². The van der Waals surface area contributed by atoms with Gasteiger partial charge in [-0.25, -0.2) is 8.42 Å². The van der Waals surface area contributed by atoms with E-state index in [1.807, 2.05) is 0 Å². The van der Waals surface area contributed by atoms with Crippen LogP contribution in [0.15, 0.2) is 0 Å². The molecule has 2 rings (SSSR count). The Balaban J connectivity index is 1.97. The fourth-order valence-corrected chi connectivity index (χ4v) is 3.57. The first-order chi connectivity index (χ1) is 6.08. The van der Waals surface area contributed by atoms with Gasteiger partial charge in [0.2, 0.25) is 10.0 Å². The highest BCUT2D eigenvalue weighted by atomic mass is 32.2. The minimum absolute atomic E-state index is 0.291. The van der Waals surface area contributed by atoms with Crippen molar-refractivity contribution in [2.24, 2.45) is 5.92 Å². The molecule has 0 aromatic heterocycles. The smallest absolute Gasteiger partial charge is 0.214 e. The van der Waals surface area contributed by atoms with Gasteiger partial charge in [0, 0.05) is 13.1 Å². The second-order valence-corrected chi connectivity index (χ2v) is 6.04. The van der Waals surface area contributed by atoms with Crippen LogP contribution in [0.25, 0.3) is 0 Å². The zero-order valence-electron chi connectivity index (χ0n) is 7.52. The standard InChI is InChI=1S/C8H15NO3S/c10-8-3-4-9(5-8)13(11,12)6-7-1-2-7/h7-8,10H,1-6H2. The average Bonchev–Trinajstić information content (AvgIpc) is 2.70. The van der Waals surface area contributed by atoms with Crippen molar-refractivity contribution in [2.75, 3.05) is 18.8 Å². The molecule has 0 aromatic carbocycles. The van der Waals surface area contributed by atoms with E-state index in [-0.39, 0.29) is 0 Å². The molecule has 1 atom stereocenters. The Morgan fingerprint density at radius 3 is 2.46 bits per heavy atom. The summed E-state index contributed by atoms with van der Waals surface area (Å²) in [6.45, 7) is 0.797. The van der Waals surface area contributed by atoms with Crippen molar-refractivity contribution in [2.45, 2.75) is 25.4 Å². The Morgan fingerprint density at radius 2 is 2.00 bits per heavy atom. The summed E-state index contributed by atoms with van der Waals surface area (Å²) < 4.78 is 24.7. The third-order valence-corrected chi connectivity index (χ3v) is 4.67. The maximum atomic E-state index is 11.6. The molecule has 0 radical (unpaired) electrons. The lowest BCUT2D eigenvalue weighted by molar-refractivity contribution is 0.189. The summed E-state index contributed by atoms with van der Waals surface area (Å²) in [7, 11) is -3.06. The molecule has 4 nitrogen and oxygen atoms in total. The van der Waals surface area contributed by atoms with Gasteiger partial charge in [0.05, 0.1) is 11.9 Å². The first-order valence-corrected chi connectivity index (χ1v) is 6.35. The zero-order chi connectivity index (χ0) is 9.47. The van der Waals surface area contributed by atoms with Crippen molar-refractivity contribution < 1.29 is 13.5 Å². The normalized spacial score (nSPS) is 31.0. The SMILES string of the molecule is O=S(=O)(CC1CC1)N1CCC(O)C1. The molecular formula is C8H15NO3S. The Bertz CT molecular complexity index is 284. The number of nitrogens with zero attached hydrogens (tertiary/aromatic N) is 1. The van der Waals surface area contributed by atoms with Gasteiger partial charge in [-0.1, -0.05) is 0 Å². The molecule has 1 aliphatic heterocycles. The molecule has 5 heteroatoms. The summed E-state index contributed by atoms with van der Waals surface area (Å²) in [5.41, 5.74) is 0. The summed E-state index contributed by atoms with van der Waals surface area (Å²) in [5, 5.41) is 9.21. The first-order valence-electron chi connectivity index (χ1n) is 4.74. The summed E-state index contributed by atoms with van der Waals surface area (Å²) in [5.74, 6) is 0.683. The van der Waals surface area contributed by atoms with E-state index in [1.54, 1.807) is 0 Å². The van der Waals surface area contributed by atoms with Crippen LogP contribution in [0.2, 0.25) is 0 Å². The van der Waals surface area contributed by atoms with E-state index >= 15 is 0 Å². The number of hydrogen-bond acceptors (Lipinski definition) is 3. The van der Waals surface area contributed by atoms with Crippen LogP contribution in [0.3, 0.4) is 0 Å². The van der Waals surface area contributed by atoms with Crippen molar-refractivity contribution in [1.82, 2.24) is 4.31 Å². The molecule has 1 saturated carbocycles. The lowest BCUT2D eigenvalue weighted by Gasteiger charge is -2.14. The average molecular weight is 205 g/mol. The topological polar surface area (TPSA) is 57.6 Å². The molecule has 0 amide bonds. The van der Waals surface area contributed by atoms with Gasteiger partial charge in [-0.2, -0.15) is 4.31 Å². The van der Waals surface area contributed by atoms with Crippen LogP contribution in [0.5, 0.6) is 0 Å². The van der Waals surface area contributed by atoms with E-state index < -0.39 is 16.1 Å². The highest BCUT2D eigenvalue weighted by Crippen LogP contribution is 2.31. The lowest BCUT2D eigenvalue weighted by atomic mass is 10.3. The Labute approximate surface area is 78.6 Å². The first kappa shape index (κ1) is 9.43. The minimum atomic E-state index is -3.06. The van der Waals surface area contributed by atoms with Gasteiger partial charge in [0.15, 0.2) is 0 Å². The molecule has 1 saturated heterocycles. The number of hydrogen-bond donors (Lipinski definition) is 1. The van der Waals surface area contributed by atoms with E-state index in [1.165, 1.54) is 4.31 Å². The van der Waals surface area contributed by atoms with Crippen LogP contribution >= 0.6 is 0 Å². The van der Waals surface area contributed by atoms with E-state index in [0.29, 0.717) is 31.2 Å². The van der Waals surface area contributed by atoms with E-state index in [2.05, 4.69) is 0 Å². The number of β-amino-alcohol motifs (C(OH)–C–C–N with tert-alkyl or cyclic N) is 1. The summed E-state index contributed by atoms with van der Waals surface area (Å²) >= 11 is 0. The summed E-state index contributed by atoms with van der Waals surface area (Å²) in [4.78, 5) is 0. The van der Waals surface area contributed by atoms with Crippen molar-refractivity contribution in [3.63, 3.8) is 0 Å². The van der Waals surface area contributed by atoms with Crippen LogP contribution in [0, 0.1) is 5.92 Å². The fourth-order valence-electron chi connectivity index (χ4n) is 1.65. The molecule has 1 unspecified atom stereocenters. The van der Waals surface area contributed by atoms with Gasteiger partial charge in [-0.3, -0.25) is 0 Å². The third-order valence-electron chi connectivity index (χ3n) is 2.66. The molecular weight excluding hydrogens is 190 g/mol. The predicted octanol–water partition coefficient (Wildman–Crippen LogP) is -0.207. The molecule has 0 spiro atoms. The van der Waals surface area contributed by atoms with Gasteiger partial charge in [-0.05, 0) is 25.2 Å². The van der Waals surface area contributed by atoms with E-state index in [9.17, 15) is 13.5 Å². The Morgan fingerprint density at radius 1 is 1.31 bits per heavy atom. The van der Waals surface area contributed by atoms with Crippen LogP contribution in [-0.4, -0.2) is 42.8 Å². The third kappa shape index (κ3) is 2.21. The van der Waals surface area contributed by atoms with E-state index in [0.717, 1.165) is 12.8 Å². The highest BCUT2D eigenvalue weighted by Gasteiger charge is 2.35. The van der Waals surface area contributed by atoms with Crippen molar-refractivity contribution in [3.8, 4) is 0 Å². The zero-order valence-corrected chi connectivity index (χ0v) is 8.33. The molecule has 2 fully saturated rings. The van der Waals surface area contributed by atoms with Crippen LogP contribution in [-0.2, 0) is 10.0 Å². The van der Waals surface area contributed by atoms with Gasteiger partial charge in [0.1, 0.15) is 0 Å². The molecule has 1 heterocycles. The highest BCUT2D eigenvalue weighted by molar-refractivity contribution is 7.89. The number of rotatable bonds is 3.